The van der Waals surface area contributed by atoms with Gasteiger partial charge in [-0.3, -0.25) is 9.59 Å². The highest BCUT2D eigenvalue weighted by atomic mass is 16.5. The van der Waals surface area contributed by atoms with Gasteiger partial charge >= 0.3 is 0 Å². The molecule has 0 saturated heterocycles. The molecule has 1 aromatic rings. The molecule has 0 atom stereocenters. The highest BCUT2D eigenvalue weighted by Gasteiger charge is 2.17. The van der Waals surface area contributed by atoms with Crippen molar-refractivity contribution in [1.29, 1.82) is 0 Å². The number of carbonyl (C=O) groups excluding carboxylic acids is 2. The Morgan fingerprint density at radius 1 is 0.897 bits per heavy atom. The fourth-order valence-electron chi connectivity index (χ4n) is 3.40. The van der Waals surface area contributed by atoms with E-state index in [4.69, 9.17) is 4.52 Å². The van der Waals surface area contributed by atoms with Crippen molar-refractivity contribution in [1.82, 2.24) is 10.1 Å². The van der Waals surface area contributed by atoms with E-state index in [0.29, 0.717) is 18.8 Å². The van der Waals surface area contributed by atoms with Gasteiger partial charge in [0.2, 0.25) is 11.8 Å². The number of aromatic nitrogens is 1. The first-order chi connectivity index (χ1) is 14.2. The van der Waals surface area contributed by atoms with E-state index in [2.05, 4.69) is 24.3 Å². The Bertz CT molecular complexity index is 531. The summed E-state index contributed by atoms with van der Waals surface area (Å²) in [4.78, 5) is 26.6. The Labute approximate surface area is 176 Å². The topological polar surface area (TPSA) is 75.4 Å². The van der Waals surface area contributed by atoms with E-state index in [1.54, 1.807) is 11.0 Å². The van der Waals surface area contributed by atoms with Crippen LogP contribution in [0.1, 0.15) is 104 Å². The molecule has 0 unspecified atom stereocenters. The molecule has 6 nitrogen and oxygen atoms in total. The summed E-state index contributed by atoms with van der Waals surface area (Å²) in [5, 5.41) is 6.36. The zero-order chi connectivity index (χ0) is 21.2. The number of hydrogen-bond donors (Lipinski definition) is 1. The lowest BCUT2D eigenvalue weighted by Gasteiger charge is -2.22. The second kappa shape index (κ2) is 17.0. The molecule has 0 saturated carbocycles. The molecule has 0 aliphatic rings. The molecule has 0 radical (unpaired) electrons. The largest absolute Gasteiger partial charge is 0.363 e. The summed E-state index contributed by atoms with van der Waals surface area (Å²) in [6.45, 7) is 5.12. The van der Waals surface area contributed by atoms with Crippen LogP contribution in [0.3, 0.4) is 0 Å². The van der Waals surface area contributed by atoms with Gasteiger partial charge in [0.15, 0.2) is 5.82 Å². The number of unbranched alkanes of at least 4 members (excludes halogenated alkanes) is 11. The van der Waals surface area contributed by atoms with Crippen molar-refractivity contribution in [2.75, 3.05) is 18.4 Å². The lowest BCUT2D eigenvalue weighted by Crippen LogP contribution is -2.38. The molecule has 29 heavy (non-hydrogen) atoms. The Balaban J connectivity index is 2.29. The van der Waals surface area contributed by atoms with Crippen LogP contribution in [0.2, 0.25) is 0 Å². The minimum absolute atomic E-state index is 0.0786. The van der Waals surface area contributed by atoms with Crippen LogP contribution in [0.15, 0.2) is 16.9 Å². The summed E-state index contributed by atoms with van der Waals surface area (Å²) >= 11 is 0. The lowest BCUT2D eigenvalue weighted by molar-refractivity contribution is -0.134. The Kier molecular flexibility index (Phi) is 14.8. The molecule has 0 spiro atoms. The molecule has 0 aliphatic carbocycles. The SMILES string of the molecule is CCCCCCCCCCCC(=O)N(CCCCCC)CC(=O)Nc1ccon1. The highest BCUT2D eigenvalue weighted by molar-refractivity contribution is 5.93. The number of rotatable bonds is 18. The highest BCUT2D eigenvalue weighted by Crippen LogP contribution is 2.12. The van der Waals surface area contributed by atoms with Gasteiger partial charge in [-0.05, 0) is 12.8 Å². The van der Waals surface area contributed by atoms with Crippen LogP contribution >= 0.6 is 0 Å². The first kappa shape index (κ1) is 25.2. The van der Waals surface area contributed by atoms with Gasteiger partial charge in [-0.1, -0.05) is 89.6 Å². The first-order valence-corrected chi connectivity index (χ1v) is 11.6. The number of anilines is 1. The van der Waals surface area contributed by atoms with Crippen molar-refractivity contribution >= 4 is 17.6 Å². The van der Waals surface area contributed by atoms with Gasteiger partial charge in [-0.2, -0.15) is 0 Å². The van der Waals surface area contributed by atoms with Crippen LogP contribution in [0.5, 0.6) is 0 Å². The van der Waals surface area contributed by atoms with E-state index in [1.807, 2.05) is 0 Å². The Morgan fingerprint density at radius 2 is 1.48 bits per heavy atom. The van der Waals surface area contributed by atoms with E-state index in [1.165, 1.54) is 51.2 Å². The van der Waals surface area contributed by atoms with Gasteiger partial charge in [-0.15, -0.1) is 0 Å². The minimum Gasteiger partial charge on any atom is -0.363 e. The predicted octanol–water partition coefficient (Wildman–Crippen LogP) is 5.94. The first-order valence-electron chi connectivity index (χ1n) is 11.6. The maximum atomic E-state index is 12.7. The molecule has 1 N–H and O–H groups in total. The van der Waals surface area contributed by atoms with Gasteiger partial charge in [0.05, 0.1) is 6.54 Å². The van der Waals surface area contributed by atoms with Crippen LogP contribution in [0.4, 0.5) is 5.82 Å². The number of nitrogens with zero attached hydrogens (tertiary/aromatic N) is 2. The quantitative estimate of drug-likeness (QED) is 0.305. The third-order valence-electron chi connectivity index (χ3n) is 5.17. The smallest absolute Gasteiger partial charge is 0.245 e. The third kappa shape index (κ3) is 13.1. The van der Waals surface area contributed by atoms with Crippen LogP contribution in [0, 0.1) is 0 Å². The van der Waals surface area contributed by atoms with E-state index in [9.17, 15) is 9.59 Å². The van der Waals surface area contributed by atoms with Crippen molar-refractivity contribution in [3.63, 3.8) is 0 Å². The molecule has 0 bridgehead atoms. The van der Waals surface area contributed by atoms with Gasteiger partial charge in [0.25, 0.3) is 0 Å². The molecule has 1 heterocycles. The molecule has 1 aromatic heterocycles. The molecule has 2 amide bonds. The summed E-state index contributed by atoms with van der Waals surface area (Å²) in [5.74, 6) is 0.238. The summed E-state index contributed by atoms with van der Waals surface area (Å²) < 4.78 is 4.73. The maximum Gasteiger partial charge on any atom is 0.245 e. The lowest BCUT2D eigenvalue weighted by atomic mass is 10.1. The third-order valence-corrected chi connectivity index (χ3v) is 5.17. The zero-order valence-corrected chi connectivity index (χ0v) is 18.6. The van der Waals surface area contributed by atoms with Gasteiger partial charge in [0, 0.05) is 19.0 Å². The Morgan fingerprint density at radius 3 is 2.07 bits per heavy atom. The normalized spacial score (nSPS) is 10.8. The number of carbonyl (C=O) groups is 2. The van der Waals surface area contributed by atoms with Crippen LogP contribution in [0.25, 0.3) is 0 Å². The Hall–Kier alpha value is -1.85. The maximum absolute atomic E-state index is 12.7. The molecule has 0 fully saturated rings. The monoisotopic (exact) mass is 407 g/mol. The summed E-state index contributed by atoms with van der Waals surface area (Å²) in [7, 11) is 0. The average molecular weight is 408 g/mol. The van der Waals surface area contributed by atoms with E-state index >= 15 is 0 Å². The molecular formula is C23H41N3O3. The molecular weight excluding hydrogens is 366 g/mol. The molecule has 166 valence electrons. The van der Waals surface area contributed by atoms with Crippen LogP contribution in [-0.4, -0.2) is 35.0 Å². The molecule has 0 aromatic carbocycles. The predicted molar refractivity (Wildman–Crippen MR) is 118 cm³/mol. The second-order valence-electron chi connectivity index (χ2n) is 7.89. The summed E-state index contributed by atoms with van der Waals surface area (Å²) in [6, 6.07) is 1.59. The fraction of sp³-hybridized carbons (Fsp3) is 0.783. The van der Waals surface area contributed by atoms with Crippen LogP contribution < -0.4 is 5.32 Å². The second-order valence-corrected chi connectivity index (χ2v) is 7.89. The fourth-order valence-corrected chi connectivity index (χ4v) is 3.40. The standard InChI is InChI=1S/C23H41N3O3/c1-3-5-7-9-10-11-12-13-14-16-23(28)26(18-15-8-6-4-2)20-22(27)24-21-17-19-29-25-21/h17,19H,3-16,18,20H2,1-2H3,(H,24,25,27). The van der Waals surface area contributed by atoms with E-state index in [0.717, 1.165) is 38.5 Å². The van der Waals surface area contributed by atoms with Crippen molar-refractivity contribution in [3.8, 4) is 0 Å². The molecule has 1 rings (SSSR count). The van der Waals surface area contributed by atoms with Crippen LogP contribution in [-0.2, 0) is 9.59 Å². The average Bonchev–Trinajstić information content (AvgIpc) is 3.21. The van der Waals surface area contributed by atoms with Crippen molar-refractivity contribution in [3.05, 3.63) is 12.3 Å². The molecule has 0 aliphatic heterocycles. The van der Waals surface area contributed by atoms with Gasteiger partial charge in [0.1, 0.15) is 6.26 Å². The summed E-state index contributed by atoms with van der Waals surface area (Å²) in [6.07, 6.45) is 17.3. The van der Waals surface area contributed by atoms with Gasteiger partial charge < -0.3 is 14.7 Å². The van der Waals surface area contributed by atoms with E-state index < -0.39 is 0 Å². The van der Waals surface area contributed by atoms with Crippen molar-refractivity contribution in [2.24, 2.45) is 0 Å². The van der Waals surface area contributed by atoms with Crippen molar-refractivity contribution in [2.45, 2.75) is 104 Å². The summed E-state index contributed by atoms with van der Waals surface area (Å²) in [5.41, 5.74) is 0. The molecule has 6 heteroatoms. The number of hydrogen-bond acceptors (Lipinski definition) is 4. The van der Waals surface area contributed by atoms with E-state index in [-0.39, 0.29) is 18.4 Å². The number of amides is 2. The minimum atomic E-state index is -0.227. The van der Waals surface area contributed by atoms with Gasteiger partial charge in [-0.25, -0.2) is 0 Å². The van der Waals surface area contributed by atoms with Crippen molar-refractivity contribution < 1.29 is 14.1 Å². The zero-order valence-electron chi connectivity index (χ0n) is 18.6. The number of nitrogens with one attached hydrogen (secondary N) is 1.